The number of carbonyl (C=O) groups is 1. The van der Waals surface area contributed by atoms with Gasteiger partial charge in [0.15, 0.2) is 0 Å². The summed E-state index contributed by atoms with van der Waals surface area (Å²) >= 11 is 0. The summed E-state index contributed by atoms with van der Waals surface area (Å²) in [5.74, 6) is -0.833. The summed E-state index contributed by atoms with van der Waals surface area (Å²) in [4.78, 5) is 9.00. The first kappa shape index (κ1) is 11.1. The van der Waals surface area contributed by atoms with Crippen LogP contribution in [0, 0.1) is 0 Å². The van der Waals surface area contributed by atoms with Gasteiger partial charge < -0.3 is 10.2 Å². The van der Waals surface area contributed by atoms with Crippen molar-refractivity contribution in [3.05, 3.63) is 0 Å². The molecule has 0 heterocycles. The van der Waals surface area contributed by atoms with Crippen molar-refractivity contribution in [1.29, 1.82) is 0 Å². The van der Waals surface area contributed by atoms with Crippen LogP contribution in [0.2, 0.25) is 0 Å². The first-order chi connectivity index (χ1) is 3.73. The van der Waals surface area contributed by atoms with E-state index in [1.807, 2.05) is 0 Å². The fraction of sp³-hybridized carbons (Fsp3) is 0.667. The highest BCUT2D eigenvalue weighted by Gasteiger charge is 2.20. The van der Waals surface area contributed by atoms with Crippen LogP contribution in [0.25, 0.3) is 0 Å². The number of halogens is 3. The number of hydrogen-bond donors (Lipinski definition) is 2. The molecule has 0 unspecified atom stereocenters. The zero-order valence-electron chi connectivity index (χ0n) is 4.44. The lowest BCUT2D eigenvalue weighted by molar-refractivity contribution is -0.295. The van der Waals surface area contributed by atoms with E-state index >= 15 is 0 Å². The Morgan fingerprint density at radius 1 is 1.44 bits per heavy atom. The minimum Gasteiger partial charge on any atom is -0.481 e. The lowest BCUT2D eigenvalue weighted by Gasteiger charge is -1.86. The normalized spacial score (nSPS) is 9.44. The molecule has 0 bridgehead atoms. The SMILES string of the molecule is CC(=O)O.OC(F)(F)F. The highest BCUT2D eigenvalue weighted by molar-refractivity contribution is 5.62. The third-order valence-corrected chi connectivity index (χ3v) is 0. The zero-order valence-corrected chi connectivity index (χ0v) is 4.44. The largest absolute Gasteiger partial charge is 0.519 e. The maximum absolute atomic E-state index is 9.91. The molecule has 0 saturated carbocycles. The lowest BCUT2D eigenvalue weighted by Crippen LogP contribution is -2.01. The number of aliphatic hydroxyl groups is 1. The molecule has 0 aromatic heterocycles. The maximum atomic E-state index is 9.91. The van der Waals surface area contributed by atoms with Gasteiger partial charge in [-0.05, 0) is 0 Å². The highest BCUT2D eigenvalue weighted by Crippen LogP contribution is 2.06. The van der Waals surface area contributed by atoms with Gasteiger partial charge in [-0.15, -0.1) is 13.2 Å². The number of alkyl halides is 3. The van der Waals surface area contributed by atoms with Crippen LogP contribution in [0.1, 0.15) is 6.92 Å². The maximum Gasteiger partial charge on any atom is 0.519 e. The van der Waals surface area contributed by atoms with Crippen molar-refractivity contribution >= 4 is 5.97 Å². The third kappa shape index (κ3) is 323. The van der Waals surface area contributed by atoms with Crippen LogP contribution in [0.4, 0.5) is 13.2 Å². The van der Waals surface area contributed by atoms with Crippen LogP contribution in [0.5, 0.6) is 0 Å². The predicted octanol–water partition coefficient (Wildman–Crippen LogP) is 0.589. The molecule has 0 aliphatic heterocycles. The van der Waals surface area contributed by atoms with E-state index in [-0.39, 0.29) is 0 Å². The van der Waals surface area contributed by atoms with E-state index < -0.39 is 12.3 Å². The van der Waals surface area contributed by atoms with Gasteiger partial charge in [0.05, 0.1) is 0 Å². The molecular formula is C3H5F3O3. The Labute approximate surface area is 48.7 Å². The Kier molecular flexibility index (Phi) is 5.09. The van der Waals surface area contributed by atoms with Crippen LogP contribution in [0.15, 0.2) is 0 Å². The van der Waals surface area contributed by atoms with Crippen LogP contribution < -0.4 is 0 Å². The van der Waals surface area contributed by atoms with Gasteiger partial charge in [0, 0.05) is 6.92 Å². The fourth-order valence-electron chi connectivity index (χ4n) is 0. The van der Waals surface area contributed by atoms with Crippen molar-refractivity contribution in [3.8, 4) is 0 Å². The Hall–Kier alpha value is -0.780. The summed E-state index contributed by atoms with van der Waals surface area (Å²) in [6.45, 7) is 1.08. The second-order valence-electron chi connectivity index (χ2n) is 0.987. The van der Waals surface area contributed by atoms with Gasteiger partial charge in [0.2, 0.25) is 0 Å². The van der Waals surface area contributed by atoms with E-state index in [1.165, 1.54) is 0 Å². The monoisotopic (exact) mass is 146 g/mol. The topological polar surface area (TPSA) is 57.5 Å². The Bertz CT molecular complexity index is 76.8. The van der Waals surface area contributed by atoms with Crippen molar-refractivity contribution in [3.63, 3.8) is 0 Å². The molecule has 0 rings (SSSR count). The summed E-state index contributed by atoms with van der Waals surface area (Å²) in [5, 5.41) is 13.9. The van der Waals surface area contributed by atoms with Crippen molar-refractivity contribution in [1.82, 2.24) is 0 Å². The number of carboxylic acid groups (broad SMARTS) is 1. The summed E-state index contributed by atoms with van der Waals surface area (Å²) < 4.78 is 29.7. The highest BCUT2D eigenvalue weighted by atomic mass is 19.4. The quantitative estimate of drug-likeness (QED) is 0.525. The first-order valence-electron chi connectivity index (χ1n) is 1.72. The molecule has 0 aromatic rings. The molecule has 9 heavy (non-hydrogen) atoms. The van der Waals surface area contributed by atoms with Crippen LogP contribution in [-0.2, 0) is 4.79 Å². The molecule has 0 amide bonds. The molecule has 0 fully saturated rings. The summed E-state index contributed by atoms with van der Waals surface area (Å²) in [5.41, 5.74) is 0. The molecule has 2 N–H and O–H groups in total. The zero-order chi connectivity index (χ0) is 8.08. The van der Waals surface area contributed by atoms with Crippen molar-refractivity contribution in [2.24, 2.45) is 0 Å². The van der Waals surface area contributed by atoms with Crippen LogP contribution >= 0.6 is 0 Å². The molecule has 0 aromatic carbocycles. The lowest BCUT2D eigenvalue weighted by atomic mass is 10.9. The predicted molar refractivity (Wildman–Crippen MR) is 21.6 cm³/mol. The van der Waals surface area contributed by atoms with E-state index in [9.17, 15) is 13.2 Å². The first-order valence-corrected chi connectivity index (χ1v) is 1.72. The molecule has 56 valence electrons. The summed E-state index contributed by atoms with van der Waals surface area (Å²) in [6, 6.07) is 0. The minimum atomic E-state index is -5.00. The standard InChI is InChI=1S/C2H4O2.CHF3O/c1-2(3)4;2-1(3,4)5/h1H3,(H,3,4);5H. The van der Waals surface area contributed by atoms with Crippen LogP contribution in [0.3, 0.4) is 0 Å². The van der Waals surface area contributed by atoms with Crippen molar-refractivity contribution in [2.45, 2.75) is 13.3 Å². The Balaban J connectivity index is 0. The van der Waals surface area contributed by atoms with Gasteiger partial charge in [-0.1, -0.05) is 0 Å². The second kappa shape index (κ2) is 4.13. The van der Waals surface area contributed by atoms with Crippen LogP contribution in [-0.4, -0.2) is 22.5 Å². The second-order valence-corrected chi connectivity index (χ2v) is 0.987. The van der Waals surface area contributed by atoms with Gasteiger partial charge in [-0.2, -0.15) is 0 Å². The molecule has 6 heteroatoms. The molecule has 0 atom stereocenters. The smallest absolute Gasteiger partial charge is 0.481 e. The molecule has 0 saturated heterocycles. The van der Waals surface area contributed by atoms with Crippen molar-refractivity contribution in [2.75, 3.05) is 0 Å². The number of carboxylic acids is 1. The molecule has 3 nitrogen and oxygen atoms in total. The fourth-order valence-corrected chi connectivity index (χ4v) is 0. The number of hydrogen-bond acceptors (Lipinski definition) is 2. The van der Waals surface area contributed by atoms with Gasteiger partial charge in [-0.3, -0.25) is 4.79 Å². The average molecular weight is 146 g/mol. The van der Waals surface area contributed by atoms with Crippen molar-refractivity contribution < 1.29 is 28.2 Å². The van der Waals surface area contributed by atoms with Gasteiger partial charge in [0.1, 0.15) is 0 Å². The molecule has 0 radical (unpaired) electrons. The molecular weight excluding hydrogens is 141 g/mol. The Morgan fingerprint density at radius 3 is 1.44 bits per heavy atom. The number of rotatable bonds is 0. The van der Waals surface area contributed by atoms with Gasteiger partial charge >= 0.3 is 6.36 Å². The third-order valence-electron chi connectivity index (χ3n) is 0. The van der Waals surface area contributed by atoms with Gasteiger partial charge in [0.25, 0.3) is 5.97 Å². The number of aliphatic carboxylic acids is 1. The minimum absolute atomic E-state index is 0.833. The van der Waals surface area contributed by atoms with E-state index in [2.05, 4.69) is 0 Å². The van der Waals surface area contributed by atoms with Gasteiger partial charge in [-0.25, -0.2) is 0 Å². The average Bonchev–Trinajstić information content (AvgIpc) is 1.19. The van der Waals surface area contributed by atoms with E-state index in [4.69, 9.17) is 15.0 Å². The molecule has 0 aliphatic carbocycles. The van der Waals surface area contributed by atoms with E-state index in [1.54, 1.807) is 0 Å². The van der Waals surface area contributed by atoms with E-state index in [0.29, 0.717) is 0 Å². The Morgan fingerprint density at radius 2 is 1.44 bits per heavy atom. The van der Waals surface area contributed by atoms with E-state index in [0.717, 1.165) is 6.92 Å². The molecule has 0 aliphatic rings. The summed E-state index contributed by atoms with van der Waals surface area (Å²) in [6.07, 6.45) is -5.00. The summed E-state index contributed by atoms with van der Waals surface area (Å²) in [7, 11) is 0. The molecule has 0 spiro atoms.